The standard InChI is InChI=1S/C21H25N3OS/c1-15-17(16-7-2-3-8-18(16)23-15)13-21(25)22-14-19(20-9-6-12-26-20)24-10-4-5-11-24/h2-3,6-9,12,19,23H,4-5,10-11,13-14H2,1H3,(H,22,25). The van der Waals surface area contributed by atoms with Crippen molar-refractivity contribution in [2.45, 2.75) is 32.2 Å². The second-order valence-corrected chi connectivity index (χ2v) is 8.01. The first-order valence-electron chi connectivity index (χ1n) is 9.32. The van der Waals surface area contributed by atoms with E-state index in [9.17, 15) is 4.79 Å². The number of aryl methyl sites for hydroxylation is 1. The van der Waals surface area contributed by atoms with Crippen molar-refractivity contribution >= 4 is 28.1 Å². The number of aromatic nitrogens is 1. The number of hydrogen-bond donors (Lipinski definition) is 2. The summed E-state index contributed by atoms with van der Waals surface area (Å²) >= 11 is 1.78. The lowest BCUT2D eigenvalue weighted by atomic mass is 10.1. The molecule has 1 aliphatic rings. The third kappa shape index (κ3) is 3.55. The van der Waals surface area contributed by atoms with Gasteiger partial charge in [0.15, 0.2) is 0 Å². The van der Waals surface area contributed by atoms with E-state index in [1.54, 1.807) is 11.3 Å². The number of amides is 1. The number of fused-ring (bicyclic) bond motifs is 1. The van der Waals surface area contributed by atoms with Crippen molar-refractivity contribution in [3.05, 3.63) is 57.9 Å². The van der Waals surface area contributed by atoms with Gasteiger partial charge in [0.2, 0.25) is 5.91 Å². The number of likely N-dealkylation sites (tertiary alicyclic amines) is 1. The fourth-order valence-corrected chi connectivity index (χ4v) is 4.80. The summed E-state index contributed by atoms with van der Waals surface area (Å²) < 4.78 is 0. The van der Waals surface area contributed by atoms with Crippen LogP contribution in [0.2, 0.25) is 0 Å². The predicted octanol–water partition coefficient (Wildman–Crippen LogP) is 4.03. The lowest BCUT2D eigenvalue weighted by molar-refractivity contribution is -0.120. The summed E-state index contributed by atoms with van der Waals surface area (Å²) in [4.78, 5) is 19.9. The Morgan fingerprint density at radius 1 is 1.23 bits per heavy atom. The van der Waals surface area contributed by atoms with Gasteiger partial charge in [0.25, 0.3) is 0 Å². The molecule has 136 valence electrons. The number of rotatable bonds is 6. The summed E-state index contributed by atoms with van der Waals surface area (Å²) in [5.41, 5.74) is 3.28. The van der Waals surface area contributed by atoms with Crippen LogP contribution in [0.3, 0.4) is 0 Å². The Morgan fingerprint density at radius 2 is 2.04 bits per heavy atom. The first-order chi connectivity index (χ1) is 12.7. The van der Waals surface area contributed by atoms with E-state index in [1.807, 2.05) is 19.1 Å². The zero-order valence-corrected chi connectivity index (χ0v) is 15.9. The van der Waals surface area contributed by atoms with Gasteiger partial charge in [0.1, 0.15) is 0 Å². The maximum absolute atomic E-state index is 12.7. The van der Waals surface area contributed by atoms with Crippen LogP contribution in [0.25, 0.3) is 10.9 Å². The quantitative estimate of drug-likeness (QED) is 0.691. The number of carbonyl (C=O) groups excluding carboxylic acids is 1. The average Bonchev–Trinajstić information content (AvgIpc) is 3.38. The lowest BCUT2D eigenvalue weighted by Crippen LogP contribution is -2.37. The molecule has 0 bridgehead atoms. The highest BCUT2D eigenvalue weighted by Crippen LogP contribution is 2.28. The van der Waals surface area contributed by atoms with Crippen LogP contribution < -0.4 is 5.32 Å². The molecule has 2 N–H and O–H groups in total. The average molecular weight is 368 g/mol. The molecule has 0 aliphatic carbocycles. The molecule has 1 amide bonds. The number of para-hydroxylation sites is 1. The van der Waals surface area contributed by atoms with Gasteiger partial charge in [-0.1, -0.05) is 24.3 Å². The molecule has 1 unspecified atom stereocenters. The summed E-state index contributed by atoms with van der Waals surface area (Å²) in [6.07, 6.45) is 2.93. The summed E-state index contributed by atoms with van der Waals surface area (Å²) in [5, 5.41) is 6.46. The number of H-pyrrole nitrogens is 1. The summed E-state index contributed by atoms with van der Waals surface area (Å²) in [7, 11) is 0. The molecule has 0 saturated carbocycles. The van der Waals surface area contributed by atoms with Crippen molar-refractivity contribution in [2.24, 2.45) is 0 Å². The van der Waals surface area contributed by atoms with Crippen molar-refractivity contribution in [3.8, 4) is 0 Å². The van der Waals surface area contributed by atoms with Crippen LogP contribution in [-0.4, -0.2) is 35.4 Å². The van der Waals surface area contributed by atoms with Crippen LogP contribution >= 0.6 is 11.3 Å². The second kappa shape index (κ2) is 7.64. The first kappa shape index (κ1) is 17.3. The molecule has 1 aromatic carbocycles. The normalized spacial score (nSPS) is 16.2. The molecule has 4 rings (SSSR count). The van der Waals surface area contributed by atoms with Crippen molar-refractivity contribution in [1.82, 2.24) is 15.2 Å². The molecule has 1 fully saturated rings. The van der Waals surface area contributed by atoms with Crippen molar-refractivity contribution in [3.63, 3.8) is 0 Å². The smallest absolute Gasteiger partial charge is 0.224 e. The van der Waals surface area contributed by atoms with Gasteiger partial charge in [0, 0.05) is 28.0 Å². The van der Waals surface area contributed by atoms with Crippen LogP contribution in [0.4, 0.5) is 0 Å². The van der Waals surface area contributed by atoms with Crippen LogP contribution in [0.5, 0.6) is 0 Å². The van der Waals surface area contributed by atoms with E-state index in [1.165, 1.54) is 17.7 Å². The van der Waals surface area contributed by atoms with Crippen molar-refractivity contribution in [1.29, 1.82) is 0 Å². The number of benzene rings is 1. The third-order valence-electron chi connectivity index (χ3n) is 5.31. The number of carbonyl (C=O) groups is 1. The van der Waals surface area contributed by atoms with Crippen molar-refractivity contribution in [2.75, 3.05) is 19.6 Å². The first-order valence-corrected chi connectivity index (χ1v) is 10.2. The SMILES string of the molecule is Cc1[nH]c2ccccc2c1CC(=O)NCC(c1cccs1)N1CCCC1. The summed E-state index contributed by atoms with van der Waals surface area (Å²) in [5.74, 6) is 0.0959. The van der Waals surface area contributed by atoms with Gasteiger partial charge in [-0.3, -0.25) is 9.69 Å². The zero-order valence-electron chi connectivity index (χ0n) is 15.1. The Kier molecular flexibility index (Phi) is 5.09. The molecule has 5 heteroatoms. The molecule has 1 aliphatic heterocycles. The third-order valence-corrected chi connectivity index (χ3v) is 6.28. The van der Waals surface area contributed by atoms with Gasteiger partial charge >= 0.3 is 0 Å². The monoisotopic (exact) mass is 367 g/mol. The number of hydrogen-bond acceptors (Lipinski definition) is 3. The fraction of sp³-hybridized carbons (Fsp3) is 0.381. The molecule has 0 radical (unpaired) electrons. The zero-order chi connectivity index (χ0) is 17.9. The van der Waals surface area contributed by atoms with E-state index in [4.69, 9.17) is 0 Å². The van der Waals surface area contributed by atoms with E-state index in [-0.39, 0.29) is 5.91 Å². The highest BCUT2D eigenvalue weighted by Gasteiger charge is 2.24. The summed E-state index contributed by atoms with van der Waals surface area (Å²) in [6, 6.07) is 12.8. The molecular weight excluding hydrogens is 342 g/mol. The van der Waals surface area contributed by atoms with Gasteiger partial charge < -0.3 is 10.3 Å². The molecule has 3 heterocycles. The Balaban J connectivity index is 1.44. The maximum Gasteiger partial charge on any atom is 0.224 e. The highest BCUT2D eigenvalue weighted by molar-refractivity contribution is 7.10. The fourth-order valence-electron chi connectivity index (χ4n) is 3.94. The van der Waals surface area contributed by atoms with E-state index >= 15 is 0 Å². The minimum absolute atomic E-state index is 0.0959. The Bertz CT molecular complexity index is 878. The highest BCUT2D eigenvalue weighted by atomic mass is 32.1. The molecular formula is C21H25N3OS. The number of nitrogens with zero attached hydrogens (tertiary/aromatic N) is 1. The maximum atomic E-state index is 12.7. The molecule has 1 atom stereocenters. The second-order valence-electron chi connectivity index (χ2n) is 7.03. The molecule has 3 aromatic rings. The van der Waals surface area contributed by atoms with Crippen LogP contribution in [-0.2, 0) is 11.2 Å². The van der Waals surface area contributed by atoms with Gasteiger partial charge in [-0.15, -0.1) is 11.3 Å². The van der Waals surface area contributed by atoms with E-state index in [2.05, 4.69) is 44.8 Å². The molecule has 1 saturated heterocycles. The minimum atomic E-state index is 0.0959. The number of thiophene rings is 1. The van der Waals surface area contributed by atoms with E-state index < -0.39 is 0 Å². The minimum Gasteiger partial charge on any atom is -0.358 e. The number of nitrogens with one attached hydrogen (secondary N) is 2. The largest absolute Gasteiger partial charge is 0.358 e. The van der Waals surface area contributed by atoms with Gasteiger partial charge in [0.05, 0.1) is 12.5 Å². The molecule has 2 aromatic heterocycles. The van der Waals surface area contributed by atoms with Crippen LogP contribution in [0.15, 0.2) is 41.8 Å². The van der Waals surface area contributed by atoms with Gasteiger partial charge in [-0.2, -0.15) is 0 Å². The lowest BCUT2D eigenvalue weighted by Gasteiger charge is -2.27. The number of aromatic amines is 1. The predicted molar refractivity (Wildman–Crippen MR) is 108 cm³/mol. The Hall–Kier alpha value is -2.11. The molecule has 26 heavy (non-hydrogen) atoms. The molecule has 0 spiro atoms. The van der Waals surface area contributed by atoms with Crippen molar-refractivity contribution < 1.29 is 4.79 Å². The molecule has 4 nitrogen and oxygen atoms in total. The van der Waals surface area contributed by atoms with Crippen LogP contribution in [0.1, 0.15) is 35.0 Å². The Morgan fingerprint density at radius 3 is 2.81 bits per heavy atom. The van der Waals surface area contributed by atoms with Gasteiger partial charge in [-0.25, -0.2) is 0 Å². The van der Waals surface area contributed by atoms with E-state index in [0.29, 0.717) is 19.0 Å². The summed E-state index contributed by atoms with van der Waals surface area (Å²) in [6.45, 7) is 4.97. The Labute approximate surface area is 158 Å². The van der Waals surface area contributed by atoms with E-state index in [0.717, 1.165) is 35.2 Å². The van der Waals surface area contributed by atoms with Gasteiger partial charge in [-0.05, 0) is 55.9 Å². The van der Waals surface area contributed by atoms with Crippen LogP contribution in [0, 0.1) is 6.92 Å². The topological polar surface area (TPSA) is 48.1 Å².